The van der Waals surface area contributed by atoms with Gasteiger partial charge in [-0.15, -0.1) is 0 Å². The van der Waals surface area contributed by atoms with Crippen molar-refractivity contribution in [2.24, 2.45) is 0 Å². The lowest BCUT2D eigenvalue weighted by molar-refractivity contribution is 0.0697. The number of rotatable bonds is 4. The zero-order valence-electron chi connectivity index (χ0n) is 10.1. The quantitative estimate of drug-likeness (QED) is 0.864. The van der Waals surface area contributed by atoms with Crippen LogP contribution in [-0.2, 0) is 6.61 Å². The number of halogens is 3. The van der Waals surface area contributed by atoms with Gasteiger partial charge < -0.3 is 9.84 Å². The molecular formula is C14H9Cl3O3. The van der Waals surface area contributed by atoms with E-state index in [4.69, 9.17) is 44.6 Å². The fourth-order valence-electron chi connectivity index (χ4n) is 1.56. The Kier molecular flexibility index (Phi) is 4.76. The topological polar surface area (TPSA) is 46.5 Å². The van der Waals surface area contributed by atoms with E-state index >= 15 is 0 Å². The van der Waals surface area contributed by atoms with Crippen molar-refractivity contribution in [3.05, 3.63) is 62.6 Å². The fourth-order valence-corrected chi connectivity index (χ4v) is 2.28. The Hall–Kier alpha value is -1.42. The lowest BCUT2D eigenvalue weighted by Gasteiger charge is -2.11. The van der Waals surface area contributed by atoms with Gasteiger partial charge in [0.05, 0.1) is 15.6 Å². The molecule has 2 aromatic carbocycles. The van der Waals surface area contributed by atoms with Crippen LogP contribution in [0.3, 0.4) is 0 Å². The van der Waals surface area contributed by atoms with Crippen LogP contribution in [0.15, 0.2) is 36.4 Å². The van der Waals surface area contributed by atoms with Gasteiger partial charge in [0.1, 0.15) is 6.61 Å². The van der Waals surface area contributed by atoms with Gasteiger partial charge in [-0.3, -0.25) is 0 Å². The van der Waals surface area contributed by atoms with Crippen molar-refractivity contribution in [3.8, 4) is 5.75 Å². The molecule has 2 rings (SSSR count). The number of benzene rings is 2. The second-order valence-electron chi connectivity index (χ2n) is 3.99. The van der Waals surface area contributed by atoms with Crippen LogP contribution in [0.5, 0.6) is 5.75 Å². The van der Waals surface area contributed by atoms with Gasteiger partial charge >= 0.3 is 5.97 Å². The summed E-state index contributed by atoms with van der Waals surface area (Å²) in [6.45, 7) is 0.253. The lowest BCUT2D eigenvalue weighted by atomic mass is 10.2. The van der Waals surface area contributed by atoms with Gasteiger partial charge in [-0.05, 0) is 29.8 Å². The summed E-state index contributed by atoms with van der Waals surface area (Å²) in [5.74, 6) is -0.841. The second kappa shape index (κ2) is 6.35. The summed E-state index contributed by atoms with van der Waals surface area (Å²) < 4.78 is 5.53. The van der Waals surface area contributed by atoms with E-state index < -0.39 is 5.97 Å². The first-order valence-corrected chi connectivity index (χ1v) is 6.70. The molecule has 0 saturated heterocycles. The first-order chi connectivity index (χ1) is 9.47. The summed E-state index contributed by atoms with van der Waals surface area (Å²) in [6.07, 6.45) is 0. The Balaban J connectivity index is 2.17. The second-order valence-corrected chi connectivity index (χ2v) is 5.24. The summed E-state index contributed by atoms with van der Waals surface area (Å²) in [4.78, 5) is 10.9. The van der Waals surface area contributed by atoms with Crippen molar-refractivity contribution >= 4 is 40.8 Å². The van der Waals surface area contributed by atoms with Crippen LogP contribution in [0.2, 0.25) is 15.1 Å². The molecule has 0 aliphatic heterocycles. The highest BCUT2D eigenvalue weighted by atomic mass is 35.5. The van der Waals surface area contributed by atoms with Crippen molar-refractivity contribution in [1.82, 2.24) is 0 Å². The molecule has 104 valence electrons. The average molecular weight is 332 g/mol. The highest BCUT2D eigenvalue weighted by molar-refractivity contribution is 6.37. The first-order valence-electron chi connectivity index (χ1n) is 5.57. The number of carboxylic acid groups (broad SMARTS) is 1. The molecule has 3 nitrogen and oxygen atoms in total. The SMILES string of the molecule is O=C(O)c1cc(Cl)c(OCc2ccc(Cl)cc2)c(Cl)c1. The third-order valence-electron chi connectivity index (χ3n) is 2.54. The van der Waals surface area contributed by atoms with E-state index in [1.807, 2.05) is 12.1 Å². The van der Waals surface area contributed by atoms with Crippen molar-refractivity contribution in [2.75, 3.05) is 0 Å². The van der Waals surface area contributed by atoms with E-state index in [2.05, 4.69) is 0 Å². The van der Waals surface area contributed by atoms with Crippen LogP contribution >= 0.6 is 34.8 Å². The Labute approximate surface area is 130 Å². The molecule has 0 radical (unpaired) electrons. The van der Waals surface area contributed by atoms with Gasteiger partial charge in [0.2, 0.25) is 0 Å². The zero-order chi connectivity index (χ0) is 14.7. The zero-order valence-corrected chi connectivity index (χ0v) is 12.3. The number of aromatic carboxylic acids is 1. The van der Waals surface area contributed by atoms with Crippen LogP contribution in [0.4, 0.5) is 0 Å². The third kappa shape index (κ3) is 3.57. The highest BCUT2D eigenvalue weighted by Crippen LogP contribution is 2.34. The molecule has 0 amide bonds. The number of ether oxygens (including phenoxy) is 1. The maximum absolute atomic E-state index is 10.9. The van der Waals surface area contributed by atoms with Crippen molar-refractivity contribution in [1.29, 1.82) is 0 Å². The number of hydrogen-bond donors (Lipinski definition) is 1. The van der Waals surface area contributed by atoms with Crippen LogP contribution in [0.25, 0.3) is 0 Å². The van der Waals surface area contributed by atoms with Crippen LogP contribution in [-0.4, -0.2) is 11.1 Å². The van der Waals surface area contributed by atoms with E-state index in [1.165, 1.54) is 12.1 Å². The molecule has 0 saturated carbocycles. The van der Waals surface area contributed by atoms with Gasteiger partial charge in [0.25, 0.3) is 0 Å². The van der Waals surface area contributed by atoms with Gasteiger partial charge in [-0.2, -0.15) is 0 Å². The van der Waals surface area contributed by atoms with Crippen LogP contribution in [0.1, 0.15) is 15.9 Å². The molecule has 0 aliphatic rings. The third-order valence-corrected chi connectivity index (χ3v) is 3.36. The monoisotopic (exact) mass is 330 g/mol. The lowest BCUT2D eigenvalue weighted by Crippen LogP contribution is -2.00. The largest absolute Gasteiger partial charge is 0.486 e. The number of carboxylic acids is 1. The Morgan fingerprint density at radius 1 is 1.05 bits per heavy atom. The number of hydrogen-bond acceptors (Lipinski definition) is 2. The Morgan fingerprint density at radius 3 is 2.10 bits per heavy atom. The fraction of sp³-hybridized carbons (Fsp3) is 0.0714. The summed E-state index contributed by atoms with van der Waals surface area (Å²) in [6, 6.07) is 9.72. The van der Waals surface area contributed by atoms with Crippen LogP contribution in [0, 0.1) is 0 Å². The van der Waals surface area contributed by atoms with Gasteiger partial charge in [-0.1, -0.05) is 46.9 Å². The van der Waals surface area contributed by atoms with E-state index in [0.29, 0.717) is 5.02 Å². The standard InChI is InChI=1S/C14H9Cl3O3/c15-10-3-1-8(2-4-10)7-20-13-11(16)5-9(14(18)19)6-12(13)17/h1-6H,7H2,(H,18,19). The smallest absolute Gasteiger partial charge is 0.335 e. The molecule has 2 aromatic rings. The van der Waals surface area contributed by atoms with Crippen molar-refractivity contribution in [2.45, 2.75) is 6.61 Å². The molecule has 0 atom stereocenters. The van der Waals surface area contributed by atoms with E-state index in [0.717, 1.165) is 5.56 Å². The maximum Gasteiger partial charge on any atom is 0.335 e. The van der Waals surface area contributed by atoms with E-state index in [1.54, 1.807) is 12.1 Å². The summed E-state index contributed by atoms with van der Waals surface area (Å²) in [7, 11) is 0. The molecule has 1 N–H and O–H groups in total. The minimum atomic E-state index is -1.10. The molecule has 0 bridgehead atoms. The summed E-state index contributed by atoms with van der Waals surface area (Å²) in [5.41, 5.74) is 0.905. The molecule has 0 fully saturated rings. The molecule has 0 heterocycles. The average Bonchev–Trinajstić information content (AvgIpc) is 2.39. The van der Waals surface area contributed by atoms with Gasteiger partial charge in [-0.25, -0.2) is 4.79 Å². The van der Waals surface area contributed by atoms with Crippen molar-refractivity contribution in [3.63, 3.8) is 0 Å². The summed E-state index contributed by atoms with van der Waals surface area (Å²) in [5, 5.41) is 9.84. The molecule has 6 heteroatoms. The molecule has 20 heavy (non-hydrogen) atoms. The van der Waals surface area contributed by atoms with Crippen molar-refractivity contribution < 1.29 is 14.6 Å². The predicted octanol–water partition coefficient (Wildman–Crippen LogP) is 4.92. The van der Waals surface area contributed by atoms with Gasteiger partial charge in [0.15, 0.2) is 5.75 Å². The van der Waals surface area contributed by atoms with Crippen LogP contribution < -0.4 is 4.74 Å². The summed E-state index contributed by atoms with van der Waals surface area (Å²) >= 11 is 17.7. The minimum absolute atomic E-state index is 0.0128. The van der Waals surface area contributed by atoms with E-state index in [9.17, 15) is 4.79 Å². The molecular weight excluding hydrogens is 323 g/mol. The Bertz CT molecular complexity index is 616. The number of carbonyl (C=O) groups is 1. The molecule has 0 aliphatic carbocycles. The first kappa shape index (κ1) is 15.0. The van der Waals surface area contributed by atoms with E-state index in [-0.39, 0.29) is 28.0 Å². The maximum atomic E-state index is 10.9. The Morgan fingerprint density at radius 2 is 1.60 bits per heavy atom. The molecule has 0 aromatic heterocycles. The minimum Gasteiger partial charge on any atom is -0.486 e. The normalized spacial score (nSPS) is 10.3. The predicted molar refractivity (Wildman–Crippen MR) is 79.2 cm³/mol. The highest BCUT2D eigenvalue weighted by Gasteiger charge is 2.13. The van der Waals surface area contributed by atoms with Gasteiger partial charge in [0, 0.05) is 5.02 Å². The molecule has 0 unspecified atom stereocenters. The molecule has 0 spiro atoms.